The largest absolute Gasteiger partial charge is 0.372 e. The molecule has 5 nitrogen and oxygen atoms in total. The molecule has 1 aromatic rings. The molecule has 2 rings (SSSR count). The van der Waals surface area contributed by atoms with E-state index in [1.54, 1.807) is 0 Å². The summed E-state index contributed by atoms with van der Waals surface area (Å²) in [6.07, 6.45) is 4.50. The first-order valence-electron chi connectivity index (χ1n) is 8.52. The fraction of sp³-hybridized carbons (Fsp3) is 0.556. The Hall–Kier alpha value is -2.04. The lowest BCUT2D eigenvalue weighted by Crippen LogP contribution is -2.34. The number of piperidine rings is 1. The maximum atomic E-state index is 11.9. The van der Waals surface area contributed by atoms with Crippen LogP contribution in [-0.2, 0) is 9.59 Å². The van der Waals surface area contributed by atoms with Gasteiger partial charge in [0.25, 0.3) is 0 Å². The molecule has 1 unspecified atom stereocenters. The van der Waals surface area contributed by atoms with E-state index < -0.39 is 0 Å². The quantitative estimate of drug-likeness (QED) is 0.793. The van der Waals surface area contributed by atoms with Crippen LogP contribution in [0.1, 0.15) is 46.0 Å². The highest BCUT2D eigenvalue weighted by Gasteiger charge is 2.13. The third kappa shape index (κ3) is 5.58. The van der Waals surface area contributed by atoms with Crippen molar-refractivity contribution < 1.29 is 9.59 Å². The van der Waals surface area contributed by atoms with Crippen LogP contribution in [0.3, 0.4) is 0 Å². The fourth-order valence-electron chi connectivity index (χ4n) is 2.69. The van der Waals surface area contributed by atoms with Gasteiger partial charge in [-0.25, -0.2) is 0 Å². The number of carbonyl (C=O) groups excluding carboxylic acids is 2. The summed E-state index contributed by atoms with van der Waals surface area (Å²) in [4.78, 5) is 26.0. The molecule has 0 aliphatic carbocycles. The van der Waals surface area contributed by atoms with E-state index in [1.165, 1.54) is 24.9 Å². The minimum absolute atomic E-state index is 0.0964. The molecule has 1 atom stereocenters. The number of amides is 2. The summed E-state index contributed by atoms with van der Waals surface area (Å²) < 4.78 is 0. The van der Waals surface area contributed by atoms with E-state index in [4.69, 9.17) is 0 Å². The number of nitrogens with zero attached hydrogens (tertiary/aromatic N) is 1. The van der Waals surface area contributed by atoms with Gasteiger partial charge < -0.3 is 15.5 Å². The first kappa shape index (κ1) is 17.3. The summed E-state index contributed by atoms with van der Waals surface area (Å²) >= 11 is 0. The van der Waals surface area contributed by atoms with Crippen LogP contribution in [0.2, 0.25) is 0 Å². The third-order valence-corrected chi connectivity index (χ3v) is 4.21. The summed E-state index contributed by atoms with van der Waals surface area (Å²) in [6.45, 7) is 6.12. The van der Waals surface area contributed by atoms with E-state index >= 15 is 0 Å². The third-order valence-electron chi connectivity index (χ3n) is 4.21. The Labute approximate surface area is 138 Å². The first-order valence-corrected chi connectivity index (χ1v) is 8.52. The van der Waals surface area contributed by atoms with Gasteiger partial charge in [-0.15, -0.1) is 0 Å². The Balaban J connectivity index is 1.83. The van der Waals surface area contributed by atoms with E-state index in [9.17, 15) is 9.59 Å². The summed E-state index contributed by atoms with van der Waals surface area (Å²) in [7, 11) is 0. The van der Waals surface area contributed by atoms with Gasteiger partial charge in [-0.05, 0) is 56.9 Å². The normalized spacial score (nSPS) is 15.8. The zero-order valence-electron chi connectivity index (χ0n) is 14.1. The monoisotopic (exact) mass is 317 g/mol. The second-order valence-electron chi connectivity index (χ2n) is 6.20. The van der Waals surface area contributed by atoms with Crippen LogP contribution in [0.15, 0.2) is 24.3 Å². The van der Waals surface area contributed by atoms with Crippen molar-refractivity contribution in [1.82, 2.24) is 5.32 Å². The number of nitrogens with one attached hydrogen (secondary N) is 2. The van der Waals surface area contributed by atoms with Crippen LogP contribution in [0, 0.1) is 0 Å². The van der Waals surface area contributed by atoms with E-state index in [1.807, 2.05) is 38.1 Å². The minimum Gasteiger partial charge on any atom is -0.372 e. The molecule has 1 aromatic carbocycles. The molecule has 0 radical (unpaired) electrons. The molecule has 1 aliphatic rings. The lowest BCUT2D eigenvalue weighted by molar-refractivity contribution is -0.127. The van der Waals surface area contributed by atoms with Crippen molar-refractivity contribution in [2.24, 2.45) is 0 Å². The van der Waals surface area contributed by atoms with Crippen LogP contribution < -0.4 is 15.5 Å². The van der Waals surface area contributed by atoms with Gasteiger partial charge in [0.05, 0.1) is 0 Å². The SMILES string of the molecule is CCC(C)NC(=O)CC(=O)Nc1ccc(N2CCCCC2)cc1. The van der Waals surface area contributed by atoms with Gasteiger partial charge >= 0.3 is 0 Å². The highest BCUT2D eigenvalue weighted by Crippen LogP contribution is 2.21. The predicted molar refractivity (Wildman–Crippen MR) is 93.6 cm³/mol. The summed E-state index contributed by atoms with van der Waals surface area (Å²) in [5, 5.41) is 5.57. The van der Waals surface area contributed by atoms with E-state index in [0.717, 1.165) is 25.2 Å². The molecule has 0 aromatic heterocycles. The number of hydrogen-bond donors (Lipinski definition) is 2. The van der Waals surface area contributed by atoms with Crippen molar-refractivity contribution in [3.63, 3.8) is 0 Å². The zero-order chi connectivity index (χ0) is 16.7. The van der Waals surface area contributed by atoms with Gasteiger partial charge in [0.15, 0.2) is 0 Å². The van der Waals surface area contributed by atoms with Gasteiger partial charge in [-0.1, -0.05) is 6.92 Å². The molecule has 1 saturated heterocycles. The second kappa shape index (κ2) is 8.56. The van der Waals surface area contributed by atoms with Crippen molar-refractivity contribution in [2.45, 2.75) is 52.0 Å². The average Bonchev–Trinajstić information content (AvgIpc) is 2.56. The zero-order valence-corrected chi connectivity index (χ0v) is 14.1. The number of anilines is 2. The van der Waals surface area contributed by atoms with Gasteiger partial charge in [-0.3, -0.25) is 9.59 Å². The Morgan fingerprint density at radius 3 is 2.35 bits per heavy atom. The summed E-state index contributed by atoms with van der Waals surface area (Å²) in [6, 6.07) is 7.95. The highest BCUT2D eigenvalue weighted by molar-refractivity contribution is 6.03. The van der Waals surface area contributed by atoms with Crippen LogP contribution in [0.5, 0.6) is 0 Å². The molecule has 5 heteroatoms. The fourth-order valence-corrected chi connectivity index (χ4v) is 2.69. The standard InChI is InChI=1S/C18H27N3O2/c1-3-14(2)19-17(22)13-18(23)20-15-7-9-16(10-8-15)21-11-5-4-6-12-21/h7-10,14H,3-6,11-13H2,1-2H3,(H,19,22)(H,20,23). The van der Waals surface area contributed by atoms with Crippen LogP contribution in [0.4, 0.5) is 11.4 Å². The van der Waals surface area contributed by atoms with Gasteiger partial charge in [0, 0.05) is 30.5 Å². The van der Waals surface area contributed by atoms with Crippen LogP contribution in [0.25, 0.3) is 0 Å². The number of rotatable bonds is 6. The average molecular weight is 317 g/mol. The van der Waals surface area contributed by atoms with Crippen LogP contribution in [-0.4, -0.2) is 30.9 Å². The van der Waals surface area contributed by atoms with Crippen molar-refractivity contribution in [3.05, 3.63) is 24.3 Å². The number of benzene rings is 1. The molecule has 1 aliphatic heterocycles. The van der Waals surface area contributed by atoms with Crippen molar-refractivity contribution in [1.29, 1.82) is 0 Å². The molecular formula is C18H27N3O2. The minimum atomic E-state index is -0.281. The van der Waals surface area contributed by atoms with Gasteiger partial charge in [0.2, 0.25) is 11.8 Å². The highest BCUT2D eigenvalue weighted by atomic mass is 16.2. The molecule has 23 heavy (non-hydrogen) atoms. The lowest BCUT2D eigenvalue weighted by atomic mass is 10.1. The molecule has 1 heterocycles. The smallest absolute Gasteiger partial charge is 0.233 e. The van der Waals surface area contributed by atoms with Gasteiger partial charge in [0.1, 0.15) is 6.42 Å². The van der Waals surface area contributed by atoms with E-state index in [-0.39, 0.29) is 24.3 Å². The number of hydrogen-bond acceptors (Lipinski definition) is 3. The van der Waals surface area contributed by atoms with Crippen molar-refractivity contribution >= 4 is 23.2 Å². The predicted octanol–water partition coefficient (Wildman–Crippen LogP) is 2.92. The van der Waals surface area contributed by atoms with Crippen molar-refractivity contribution in [3.8, 4) is 0 Å². The molecule has 0 bridgehead atoms. The second-order valence-corrected chi connectivity index (χ2v) is 6.20. The summed E-state index contributed by atoms with van der Waals surface area (Å²) in [5.74, 6) is -0.515. The van der Waals surface area contributed by atoms with Crippen LogP contribution >= 0.6 is 0 Å². The molecule has 1 fully saturated rings. The summed E-state index contributed by atoms with van der Waals surface area (Å²) in [5.41, 5.74) is 1.92. The molecule has 2 amide bonds. The Bertz CT molecular complexity index is 522. The first-order chi connectivity index (χ1) is 11.1. The molecular weight excluding hydrogens is 290 g/mol. The Morgan fingerprint density at radius 2 is 1.74 bits per heavy atom. The maximum absolute atomic E-state index is 11.9. The van der Waals surface area contributed by atoms with Gasteiger partial charge in [-0.2, -0.15) is 0 Å². The molecule has 2 N–H and O–H groups in total. The number of carbonyl (C=O) groups is 2. The van der Waals surface area contributed by atoms with E-state index in [0.29, 0.717) is 0 Å². The molecule has 0 spiro atoms. The Kier molecular flexibility index (Phi) is 6.44. The molecule has 126 valence electrons. The lowest BCUT2D eigenvalue weighted by Gasteiger charge is -2.28. The maximum Gasteiger partial charge on any atom is 0.233 e. The van der Waals surface area contributed by atoms with Crippen molar-refractivity contribution in [2.75, 3.05) is 23.3 Å². The topological polar surface area (TPSA) is 61.4 Å². The molecule has 0 saturated carbocycles. The van der Waals surface area contributed by atoms with E-state index in [2.05, 4.69) is 15.5 Å². The Morgan fingerprint density at radius 1 is 1.09 bits per heavy atom.